The molecule has 0 aliphatic carbocycles. The number of benzene rings is 1. The standard InChI is InChI=1S/C8H6O4.C3H3NS.K.H2O.H/c9-7(10)5-2-1-3-6(4-5)8(11)12;1-2-5-3-4-1;;;/h1-4H,(H,9,10)(H,11,12);1-3H;;1H2;. The van der Waals surface area contributed by atoms with Crippen LogP contribution in [0, 0.1) is 0 Å². The molecule has 1 aromatic heterocycles. The third kappa shape index (κ3) is 8.21. The summed E-state index contributed by atoms with van der Waals surface area (Å²) < 4.78 is 0. The van der Waals surface area contributed by atoms with E-state index in [0.717, 1.165) is 6.07 Å². The summed E-state index contributed by atoms with van der Waals surface area (Å²) in [6.07, 6.45) is 1.77. The first-order chi connectivity index (χ1) is 8.11. The zero-order valence-electron chi connectivity index (χ0n) is 9.11. The summed E-state index contributed by atoms with van der Waals surface area (Å²) in [5.41, 5.74) is 1.75. The number of carbonyl (C=O) groups is 2. The summed E-state index contributed by atoms with van der Waals surface area (Å²) in [5, 5.41) is 18.9. The van der Waals surface area contributed by atoms with Crippen molar-refractivity contribution in [3.63, 3.8) is 0 Å². The van der Waals surface area contributed by atoms with Gasteiger partial charge in [0.05, 0.1) is 16.6 Å². The molecule has 0 bridgehead atoms. The molecule has 0 aliphatic heterocycles. The van der Waals surface area contributed by atoms with Crippen molar-refractivity contribution in [2.45, 2.75) is 0 Å². The number of nitrogens with zero attached hydrogens (tertiary/aromatic N) is 1. The number of carboxylic acids is 2. The van der Waals surface area contributed by atoms with Crippen LogP contribution < -0.4 is 0 Å². The molecule has 0 atom stereocenters. The predicted octanol–water partition coefficient (Wildman–Crippen LogP) is 0.753. The van der Waals surface area contributed by atoms with E-state index in [-0.39, 0.29) is 68.0 Å². The van der Waals surface area contributed by atoms with E-state index in [1.165, 1.54) is 18.2 Å². The molecule has 0 spiro atoms. The van der Waals surface area contributed by atoms with Crippen molar-refractivity contribution in [2.75, 3.05) is 0 Å². The van der Waals surface area contributed by atoms with E-state index >= 15 is 0 Å². The van der Waals surface area contributed by atoms with Crippen molar-refractivity contribution >= 4 is 74.7 Å². The maximum Gasteiger partial charge on any atom is 0.0791 e. The Morgan fingerprint density at radius 3 is 1.89 bits per heavy atom. The van der Waals surface area contributed by atoms with Gasteiger partial charge in [-0.3, -0.25) is 4.98 Å². The van der Waals surface area contributed by atoms with Gasteiger partial charge in [-0.15, -0.1) is 11.3 Å². The number of hydrogen-bond donors (Lipinski definition) is 2. The van der Waals surface area contributed by atoms with Crippen LogP contribution in [-0.4, -0.2) is 84.0 Å². The first kappa shape index (κ1) is 20.7. The van der Waals surface area contributed by atoms with Gasteiger partial charge < -0.3 is 15.7 Å². The van der Waals surface area contributed by atoms with E-state index in [9.17, 15) is 9.59 Å². The van der Waals surface area contributed by atoms with Crippen LogP contribution in [0.3, 0.4) is 0 Å². The van der Waals surface area contributed by atoms with Crippen LogP contribution >= 0.6 is 11.3 Å². The van der Waals surface area contributed by atoms with Crippen molar-refractivity contribution in [3.8, 4) is 0 Å². The SMILES string of the molecule is O.O=C(O)c1cccc(C(=O)O)c1.[KH].c1cscn1. The number of aromatic carboxylic acids is 2. The van der Waals surface area contributed by atoms with E-state index in [0.29, 0.717) is 0 Å². The summed E-state index contributed by atoms with van der Waals surface area (Å²) in [7, 11) is 0. The van der Waals surface area contributed by atoms with Crippen molar-refractivity contribution in [3.05, 3.63) is 52.5 Å². The minimum Gasteiger partial charge on any atom is -0.253 e. The van der Waals surface area contributed by atoms with Crippen molar-refractivity contribution < 1.29 is 25.3 Å². The van der Waals surface area contributed by atoms with Gasteiger partial charge in [0.15, 0.2) is 0 Å². The number of hydrogen-bond acceptors (Lipinski definition) is 4. The Balaban J connectivity index is 0. The number of carboxylic acid groups (broad SMARTS) is 2. The average molecular weight is 309 g/mol. The second-order valence-electron chi connectivity index (χ2n) is 2.87. The third-order valence-electron chi connectivity index (χ3n) is 1.70. The first-order valence-electron chi connectivity index (χ1n) is 4.50. The molecule has 0 aliphatic rings. The molecule has 98 valence electrons. The Morgan fingerprint density at radius 1 is 1.11 bits per heavy atom. The van der Waals surface area contributed by atoms with Gasteiger partial charge in [0.1, 0.15) is 0 Å². The van der Waals surface area contributed by atoms with E-state index in [1.54, 1.807) is 23.0 Å². The number of thiazole rings is 1. The molecule has 6 nitrogen and oxygen atoms in total. The van der Waals surface area contributed by atoms with Crippen LogP contribution in [0.15, 0.2) is 41.4 Å². The average Bonchev–Trinajstić information content (AvgIpc) is 2.87. The Morgan fingerprint density at radius 2 is 1.63 bits per heavy atom. The molecule has 4 N–H and O–H groups in total. The van der Waals surface area contributed by atoms with Gasteiger partial charge in [-0.05, 0) is 18.2 Å². The normalized spacial score (nSPS) is 8.00. The fraction of sp³-hybridized carbons (Fsp3) is 0. The van der Waals surface area contributed by atoms with Crippen LogP contribution in [-0.2, 0) is 0 Å². The van der Waals surface area contributed by atoms with Gasteiger partial charge in [-0.2, -0.15) is 0 Å². The second-order valence-corrected chi connectivity index (χ2v) is 3.62. The van der Waals surface area contributed by atoms with E-state index in [1.807, 2.05) is 5.38 Å². The summed E-state index contributed by atoms with van der Waals surface area (Å²) in [6, 6.07) is 5.20. The largest absolute Gasteiger partial charge is 0.253 e. The fourth-order valence-electron chi connectivity index (χ4n) is 0.961. The first-order valence-corrected chi connectivity index (χ1v) is 5.44. The van der Waals surface area contributed by atoms with E-state index < -0.39 is 11.9 Å². The van der Waals surface area contributed by atoms with Gasteiger partial charge in [-0.25, -0.2) is 9.59 Å². The van der Waals surface area contributed by atoms with Gasteiger partial charge in [0, 0.05) is 11.6 Å². The Kier molecular flexibility index (Phi) is 12.2. The molecule has 0 saturated carbocycles. The van der Waals surface area contributed by atoms with Gasteiger partial charge in [0.2, 0.25) is 0 Å². The van der Waals surface area contributed by atoms with E-state index in [2.05, 4.69) is 4.98 Å². The monoisotopic (exact) mass is 309 g/mol. The van der Waals surface area contributed by atoms with Crippen LogP contribution in [0.5, 0.6) is 0 Å². The molecule has 2 rings (SSSR count). The Hall–Kier alpha value is -0.614. The summed E-state index contributed by atoms with van der Waals surface area (Å²) in [6.45, 7) is 0. The number of aromatic nitrogens is 1. The molecule has 1 heterocycles. The molecule has 0 fully saturated rings. The molecule has 8 heteroatoms. The Bertz CT molecular complexity index is 457. The molecule has 1 aromatic carbocycles. The maximum atomic E-state index is 10.4. The zero-order chi connectivity index (χ0) is 12.7. The third-order valence-corrected chi connectivity index (χ3v) is 2.23. The molecule has 0 unspecified atom stereocenters. The Labute approximate surface area is 155 Å². The minimum atomic E-state index is -1.13. The number of rotatable bonds is 2. The molecular formula is C11H12KNO5S. The predicted molar refractivity (Wildman–Crippen MR) is 73.2 cm³/mol. The van der Waals surface area contributed by atoms with Gasteiger partial charge >= 0.3 is 63.3 Å². The summed E-state index contributed by atoms with van der Waals surface area (Å²) in [5.74, 6) is -2.25. The van der Waals surface area contributed by atoms with E-state index in [4.69, 9.17) is 10.2 Å². The van der Waals surface area contributed by atoms with Gasteiger partial charge in [0.25, 0.3) is 0 Å². The second kappa shape index (κ2) is 11.2. The van der Waals surface area contributed by atoms with Crippen LogP contribution in [0.1, 0.15) is 20.7 Å². The molecular weight excluding hydrogens is 297 g/mol. The molecule has 0 radical (unpaired) electrons. The van der Waals surface area contributed by atoms with Gasteiger partial charge in [-0.1, -0.05) is 6.07 Å². The van der Waals surface area contributed by atoms with Crippen molar-refractivity contribution in [1.82, 2.24) is 4.98 Å². The van der Waals surface area contributed by atoms with Crippen LogP contribution in [0.2, 0.25) is 0 Å². The zero-order valence-corrected chi connectivity index (χ0v) is 9.92. The molecule has 0 saturated heterocycles. The molecule has 19 heavy (non-hydrogen) atoms. The maximum absolute atomic E-state index is 10.4. The topological polar surface area (TPSA) is 119 Å². The smallest absolute Gasteiger partial charge is 0.0791 e. The van der Waals surface area contributed by atoms with Crippen molar-refractivity contribution in [1.29, 1.82) is 0 Å². The quantitative estimate of drug-likeness (QED) is 0.793. The van der Waals surface area contributed by atoms with Crippen LogP contribution in [0.25, 0.3) is 0 Å². The fourth-order valence-corrected chi connectivity index (χ4v) is 1.31. The molecule has 0 amide bonds. The van der Waals surface area contributed by atoms with Crippen molar-refractivity contribution in [2.24, 2.45) is 0 Å². The minimum absolute atomic E-state index is 0. The summed E-state index contributed by atoms with van der Waals surface area (Å²) >= 11 is 1.60. The summed E-state index contributed by atoms with van der Waals surface area (Å²) in [4.78, 5) is 24.5. The molecule has 2 aromatic rings. The van der Waals surface area contributed by atoms with Crippen LogP contribution in [0.4, 0.5) is 0 Å².